The van der Waals surface area contributed by atoms with E-state index in [1.807, 2.05) is 12.2 Å². The fourth-order valence-electron chi connectivity index (χ4n) is 1.69. The molecule has 0 radical (unpaired) electrons. The summed E-state index contributed by atoms with van der Waals surface area (Å²) in [4.78, 5) is 0. The van der Waals surface area contributed by atoms with Gasteiger partial charge in [-0.1, -0.05) is 63.6 Å². The van der Waals surface area contributed by atoms with Crippen LogP contribution in [0, 0.1) is 0 Å². The first-order valence-electron chi connectivity index (χ1n) is 6.62. The van der Waals surface area contributed by atoms with Crippen molar-refractivity contribution in [3.8, 4) is 0 Å². The third-order valence-electron chi connectivity index (χ3n) is 2.63. The van der Waals surface area contributed by atoms with Gasteiger partial charge in [-0.25, -0.2) is 0 Å². The summed E-state index contributed by atoms with van der Waals surface area (Å²) in [6.45, 7) is 2.21. The Bertz CT molecular complexity index is 173. The lowest BCUT2D eigenvalue weighted by Gasteiger charge is -2.02. The second-order valence-electron chi connectivity index (χ2n) is 4.62. The van der Waals surface area contributed by atoms with Crippen LogP contribution in [0.2, 0.25) is 6.55 Å². The maximum Gasteiger partial charge on any atom is 0.270 e. The van der Waals surface area contributed by atoms with Gasteiger partial charge < -0.3 is 0 Å². The van der Waals surface area contributed by atoms with Gasteiger partial charge >= 0.3 is 0 Å². The number of unbranched alkanes of at least 4 members (excludes halogenated alkanes) is 8. The molecule has 0 bridgehead atoms. The van der Waals surface area contributed by atoms with Crippen LogP contribution in [-0.4, -0.2) is 6.69 Å². The Hall–Kier alpha value is 0.537. The molecule has 0 rings (SSSR count). The lowest BCUT2D eigenvalue weighted by molar-refractivity contribution is 0.577. The minimum atomic E-state index is -1.98. The van der Waals surface area contributed by atoms with E-state index in [1.165, 1.54) is 51.4 Å². The van der Waals surface area contributed by atoms with Gasteiger partial charge in [0.25, 0.3) is 6.69 Å². The Morgan fingerprint density at radius 1 is 0.875 bits per heavy atom. The molecular weight excluding hydrogens is 255 g/mol. The van der Waals surface area contributed by atoms with Gasteiger partial charge in [0.2, 0.25) is 0 Å². The van der Waals surface area contributed by atoms with Gasteiger partial charge in [0, 0.05) is 0 Å². The molecule has 0 aliphatic carbocycles. The average Bonchev–Trinajstić information content (AvgIpc) is 2.19. The maximum absolute atomic E-state index is 5.96. The second-order valence-corrected chi connectivity index (χ2v) is 12.2. The summed E-state index contributed by atoms with van der Waals surface area (Å²) in [7, 11) is 0. The summed E-state index contributed by atoms with van der Waals surface area (Å²) >= 11 is 11.9. The summed E-state index contributed by atoms with van der Waals surface area (Å²) in [6.07, 6.45) is 14.3. The van der Waals surface area contributed by atoms with Crippen LogP contribution < -0.4 is 0 Å². The predicted octanol–water partition coefficient (Wildman–Crippen LogP) is 6.16. The number of hydrogen-bond acceptors (Lipinski definition) is 0. The average molecular weight is 281 g/mol. The Balaban J connectivity index is 3.13. The fourth-order valence-corrected chi connectivity index (χ4v) is 2.80. The number of halogens is 2. The normalized spacial score (nSPS) is 12.5. The van der Waals surface area contributed by atoms with Gasteiger partial charge in [0.1, 0.15) is 0 Å². The van der Waals surface area contributed by atoms with Gasteiger partial charge in [0.05, 0.1) is 0 Å². The fraction of sp³-hybridized carbons (Fsp3) is 0.846. The summed E-state index contributed by atoms with van der Waals surface area (Å²) in [5, 5.41) is 0. The van der Waals surface area contributed by atoms with E-state index < -0.39 is 6.69 Å². The third kappa shape index (κ3) is 14.5. The van der Waals surface area contributed by atoms with E-state index in [4.69, 9.17) is 22.2 Å². The smallest absolute Gasteiger partial charge is 0.141 e. The SMILES string of the molecule is CCCCCCCCCC/C=C/[Si](C)(Cl)Cl. The van der Waals surface area contributed by atoms with Crippen molar-refractivity contribution in [2.75, 3.05) is 0 Å². The molecule has 0 aliphatic rings. The second kappa shape index (κ2) is 10.7. The van der Waals surface area contributed by atoms with Crippen molar-refractivity contribution in [2.45, 2.75) is 71.3 Å². The zero-order valence-electron chi connectivity index (χ0n) is 10.8. The molecule has 0 N–H and O–H groups in total. The van der Waals surface area contributed by atoms with E-state index in [0.717, 1.165) is 6.42 Å². The van der Waals surface area contributed by atoms with Crippen LogP contribution in [0.1, 0.15) is 64.7 Å². The molecule has 0 saturated heterocycles. The molecule has 0 fully saturated rings. The van der Waals surface area contributed by atoms with E-state index in [1.54, 1.807) is 0 Å². The molecule has 0 heterocycles. The van der Waals surface area contributed by atoms with E-state index in [-0.39, 0.29) is 0 Å². The lowest BCUT2D eigenvalue weighted by Crippen LogP contribution is -2.07. The highest BCUT2D eigenvalue weighted by atomic mass is 35.7. The van der Waals surface area contributed by atoms with Gasteiger partial charge in [-0.05, 0) is 19.4 Å². The molecule has 0 saturated carbocycles. The zero-order chi connectivity index (χ0) is 12.3. The Morgan fingerprint density at radius 2 is 1.38 bits per heavy atom. The molecule has 0 aromatic carbocycles. The van der Waals surface area contributed by atoms with Gasteiger partial charge in [-0.2, -0.15) is 0 Å². The van der Waals surface area contributed by atoms with Gasteiger partial charge in [-0.3, -0.25) is 0 Å². The number of hydrogen-bond donors (Lipinski definition) is 0. The monoisotopic (exact) mass is 280 g/mol. The minimum absolute atomic E-state index is 1.14. The molecule has 3 heteroatoms. The van der Waals surface area contributed by atoms with Gasteiger partial charge in [0.15, 0.2) is 0 Å². The molecular formula is C13H26Cl2Si. The Morgan fingerprint density at radius 3 is 1.88 bits per heavy atom. The molecule has 0 aliphatic heterocycles. The van der Waals surface area contributed by atoms with Crippen molar-refractivity contribution in [1.82, 2.24) is 0 Å². The van der Waals surface area contributed by atoms with Crippen molar-refractivity contribution in [3.63, 3.8) is 0 Å². The van der Waals surface area contributed by atoms with E-state index in [0.29, 0.717) is 0 Å². The first kappa shape index (κ1) is 16.5. The van der Waals surface area contributed by atoms with Crippen molar-refractivity contribution >= 4 is 28.9 Å². The van der Waals surface area contributed by atoms with Crippen molar-refractivity contribution in [3.05, 3.63) is 11.8 Å². The zero-order valence-corrected chi connectivity index (χ0v) is 13.3. The van der Waals surface area contributed by atoms with E-state index in [9.17, 15) is 0 Å². The Kier molecular flexibility index (Phi) is 11.0. The van der Waals surface area contributed by atoms with Crippen LogP contribution in [0.15, 0.2) is 11.8 Å². The first-order valence-corrected chi connectivity index (χ1v) is 11.2. The molecule has 0 aromatic heterocycles. The van der Waals surface area contributed by atoms with Crippen molar-refractivity contribution in [1.29, 1.82) is 0 Å². The predicted molar refractivity (Wildman–Crippen MR) is 79.7 cm³/mol. The quantitative estimate of drug-likeness (QED) is 0.255. The third-order valence-corrected chi connectivity index (χ3v) is 4.21. The highest BCUT2D eigenvalue weighted by Gasteiger charge is 2.14. The molecule has 0 amide bonds. The topological polar surface area (TPSA) is 0 Å². The molecule has 0 spiro atoms. The van der Waals surface area contributed by atoms with Crippen LogP contribution in [0.25, 0.3) is 0 Å². The van der Waals surface area contributed by atoms with Crippen LogP contribution in [0.4, 0.5) is 0 Å². The number of rotatable bonds is 10. The molecule has 16 heavy (non-hydrogen) atoms. The first-order chi connectivity index (χ1) is 7.56. The van der Waals surface area contributed by atoms with Crippen LogP contribution in [0.5, 0.6) is 0 Å². The van der Waals surface area contributed by atoms with E-state index in [2.05, 4.69) is 13.0 Å². The largest absolute Gasteiger partial charge is 0.270 e. The maximum atomic E-state index is 5.96. The number of allylic oxidation sites excluding steroid dienone is 1. The van der Waals surface area contributed by atoms with E-state index >= 15 is 0 Å². The van der Waals surface area contributed by atoms with Crippen LogP contribution in [-0.2, 0) is 0 Å². The van der Waals surface area contributed by atoms with Crippen molar-refractivity contribution < 1.29 is 0 Å². The highest BCUT2D eigenvalue weighted by Crippen LogP contribution is 2.16. The summed E-state index contributed by atoms with van der Waals surface area (Å²) < 4.78 is 0. The standard InChI is InChI=1S/C13H26Cl2Si/c1-3-4-5-6-7-8-9-10-11-12-13-16(2,14)15/h12-13H,3-11H2,1-2H3/b13-12+. The minimum Gasteiger partial charge on any atom is -0.141 e. The van der Waals surface area contributed by atoms with Crippen molar-refractivity contribution in [2.24, 2.45) is 0 Å². The lowest BCUT2D eigenvalue weighted by atomic mass is 10.1. The van der Waals surface area contributed by atoms with Gasteiger partial charge in [-0.15, -0.1) is 22.2 Å². The molecule has 0 unspecified atom stereocenters. The molecule has 0 atom stereocenters. The summed E-state index contributed by atoms with van der Waals surface area (Å²) in [5.41, 5.74) is 2.01. The molecule has 0 aromatic rings. The molecule has 0 nitrogen and oxygen atoms in total. The highest BCUT2D eigenvalue weighted by molar-refractivity contribution is 7.47. The van der Waals surface area contributed by atoms with Crippen LogP contribution in [0.3, 0.4) is 0 Å². The van der Waals surface area contributed by atoms with Crippen LogP contribution >= 0.6 is 22.2 Å². The Labute approximate surface area is 112 Å². The summed E-state index contributed by atoms with van der Waals surface area (Å²) in [5.74, 6) is 0. The molecule has 96 valence electrons. The summed E-state index contributed by atoms with van der Waals surface area (Å²) in [6, 6.07) is 0.